The molecule has 0 aromatic heterocycles. The first-order chi connectivity index (χ1) is 8.10. The number of methoxy groups -OCH3 is 2. The molecule has 0 aliphatic rings. The van der Waals surface area contributed by atoms with Gasteiger partial charge in [0.2, 0.25) is 0 Å². The fourth-order valence-electron chi connectivity index (χ4n) is 1.58. The van der Waals surface area contributed by atoms with Crippen molar-refractivity contribution in [1.82, 2.24) is 0 Å². The van der Waals surface area contributed by atoms with Crippen LogP contribution >= 0.6 is 11.6 Å². The molecule has 17 heavy (non-hydrogen) atoms. The van der Waals surface area contributed by atoms with E-state index < -0.39 is 5.97 Å². The molecule has 0 saturated heterocycles. The van der Waals surface area contributed by atoms with Crippen molar-refractivity contribution in [2.75, 3.05) is 14.2 Å². The molecule has 0 aliphatic carbocycles. The van der Waals surface area contributed by atoms with Crippen molar-refractivity contribution in [2.24, 2.45) is 0 Å². The Morgan fingerprint density at radius 1 is 1.35 bits per heavy atom. The SMILES string of the molecule is COc1ccc(CCCC(=O)O)c(OC)c1Cl. The number of carbonyl (C=O) groups is 1. The van der Waals surface area contributed by atoms with Crippen LogP contribution in [0.3, 0.4) is 0 Å². The van der Waals surface area contributed by atoms with Crippen molar-refractivity contribution in [2.45, 2.75) is 19.3 Å². The van der Waals surface area contributed by atoms with Gasteiger partial charge in [-0.1, -0.05) is 17.7 Å². The fourth-order valence-corrected chi connectivity index (χ4v) is 1.92. The first-order valence-corrected chi connectivity index (χ1v) is 5.59. The van der Waals surface area contributed by atoms with Crippen LogP contribution in [0, 0.1) is 0 Å². The van der Waals surface area contributed by atoms with E-state index in [1.807, 2.05) is 6.07 Å². The largest absolute Gasteiger partial charge is 0.495 e. The molecule has 0 fully saturated rings. The van der Waals surface area contributed by atoms with E-state index in [0.29, 0.717) is 29.4 Å². The van der Waals surface area contributed by atoms with Crippen LogP contribution in [0.25, 0.3) is 0 Å². The molecular formula is C12H15ClO4. The van der Waals surface area contributed by atoms with E-state index in [9.17, 15) is 4.79 Å². The van der Waals surface area contributed by atoms with E-state index in [1.165, 1.54) is 14.2 Å². The second kappa shape index (κ2) is 6.35. The van der Waals surface area contributed by atoms with Gasteiger partial charge in [0.05, 0.1) is 14.2 Å². The molecule has 0 amide bonds. The number of benzene rings is 1. The molecule has 1 N–H and O–H groups in total. The monoisotopic (exact) mass is 258 g/mol. The Kier molecular flexibility index (Phi) is 5.10. The molecule has 0 saturated carbocycles. The van der Waals surface area contributed by atoms with Gasteiger partial charge in [0.25, 0.3) is 0 Å². The van der Waals surface area contributed by atoms with Crippen LogP contribution in [-0.4, -0.2) is 25.3 Å². The molecule has 0 bridgehead atoms. The average Bonchev–Trinajstić information content (AvgIpc) is 2.29. The topological polar surface area (TPSA) is 55.8 Å². The zero-order valence-electron chi connectivity index (χ0n) is 9.83. The van der Waals surface area contributed by atoms with Gasteiger partial charge in [0.15, 0.2) is 0 Å². The number of halogens is 1. The Bertz CT molecular complexity index is 404. The summed E-state index contributed by atoms with van der Waals surface area (Å²) in [4.78, 5) is 10.4. The second-order valence-electron chi connectivity index (χ2n) is 3.52. The van der Waals surface area contributed by atoms with Gasteiger partial charge >= 0.3 is 5.97 Å². The lowest BCUT2D eigenvalue weighted by molar-refractivity contribution is -0.137. The minimum absolute atomic E-state index is 0.132. The van der Waals surface area contributed by atoms with Crippen LogP contribution in [0.1, 0.15) is 18.4 Å². The van der Waals surface area contributed by atoms with E-state index in [0.717, 1.165) is 5.56 Å². The van der Waals surface area contributed by atoms with E-state index in [1.54, 1.807) is 6.07 Å². The predicted octanol–water partition coefficient (Wildman–Crippen LogP) is 2.76. The van der Waals surface area contributed by atoms with E-state index in [-0.39, 0.29) is 6.42 Å². The third kappa shape index (κ3) is 3.53. The highest BCUT2D eigenvalue weighted by atomic mass is 35.5. The summed E-state index contributed by atoms with van der Waals surface area (Å²) in [5.41, 5.74) is 0.888. The Labute approximate surface area is 105 Å². The van der Waals surface area contributed by atoms with Gasteiger partial charge < -0.3 is 14.6 Å². The molecule has 4 nitrogen and oxygen atoms in total. The van der Waals surface area contributed by atoms with Gasteiger partial charge in [-0.25, -0.2) is 0 Å². The van der Waals surface area contributed by atoms with Gasteiger partial charge in [-0.15, -0.1) is 0 Å². The number of aryl methyl sites for hydroxylation is 1. The zero-order chi connectivity index (χ0) is 12.8. The van der Waals surface area contributed by atoms with Crippen LogP contribution in [0.4, 0.5) is 0 Å². The molecule has 1 aromatic rings. The smallest absolute Gasteiger partial charge is 0.303 e. The Hall–Kier alpha value is -1.42. The highest BCUT2D eigenvalue weighted by Crippen LogP contribution is 2.37. The van der Waals surface area contributed by atoms with Crippen molar-refractivity contribution in [3.8, 4) is 11.5 Å². The molecule has 0 spiro atoms. The standard InChI is InChI=1S/C12H15ClO4/c1-16-9-7-6-8(4-3-5-10(14)15)12(17-2)11(9)13/h6-7H,3-5H2,1-2H3,(H,14,15). The molecule has 0 aliphatic heterocycles. The predicted molar refractivity (Wildman–Crippen MR) is 65.1 cm³/mol. The van der Waals surface area contributed by atoms with E-state index in [2.05, 4.69) is 0 Å². The molecule has 5 heteroatoms. The van der Waals surface area contributed by atoms with E-state index in [4.69, 9.17) is 26.2 Å². The minimum Gasteiger partial charge on any atom is -0.495 e. The van der Waals surface area contributed by atoms with Crippen molar-refractivity contribution in [3.63, 3.8) is 0 Å². The third-order valence-corrected chi connectivity index (χ3v) is 2.76. The number of carboxylic acids is 1. The molecule has 0 radical (unpaired) electrons. The second-order valence-corrected chi connectivity index (χ2v) is 3.90. The summed E-state index contributed by atoms with van der Waals surface area (Å²) < 4.78 is 10.3. The highest BCUT2D eigenvalue weighted by molar-refractivity contribution is 6.33. The quantitative estimate of drug-likeness (QED) is 0.852. The van der Waals surface area contributed by atoms with Crippen LogP contribution in [0.5, 0.6) is 11.5 Å². The van der Waals surface area contributed by atoms with Gasteiger partial charge in [-0.3, -0.25) is 4.79 Å². The maximum Gasteiger partial charge on any atom is 0.303 e. The van der Waals surface area contributed by atoms with Crippen LogP contribution < -0.4 is 9.47 Å². The first-order valence-electron chi connectivity index (χ1n) is 5.21. The molecule has 0 heterocycles. The zero-order valence-corrected chi connectivity index (χ0v) is 10.6. The maximum absolute atomic E-state index is 10.4. The number of hydrogen-bond acceptors (Lipinski definition) is 3. The molecule has 1 rings (SSSR count). The van der Waals surface area contributed by atoms with E-state index >= 15 is 0 Å². The lowest BCUT2D eigenvalue weighted by Gasteiger charge is -2.12. The van der Waals surface area contributed by atoms with Gasteiger partial charge in [0.1, 0.15) is 16.5 Å². The summed E-state index contributed by atoms with van der Waals surface area (Å²) in [7, 11) is 3.06. The fraction of sp³-hybridized carbons (Fsp3) is 0.417. The van der Waals surface area contributed by atoms with Gasteiger partial charge in [-0.05, 0) is 24.5 Å². The Morgan fingerprint density at radius 2 is 2.06 bits per heavy atom. The highest BCUT2D eigenvalue weighted by Gasteiger charge is 2.13. The number of hydrogen-bond donors (Lipinski definition) is 1. The van der Waals surface area contributed by atoms with Crippen molar-refractivity contribution in [1.29, 1.82) is 0 Å². The lowest BCUT2D eigenvalue weighted by Crippen LogP contribution is -1.99. The third-order valence-electron chi connectivity index (χ3n) is 2.40. The summed E-state index contributed by atoms with van der Waals surface area (Å²) in [6, 6.07) is 3.59. The van der Waals surface area contributed by atoms with Crippen LogP contribution in [-0.2, 0) is 11.2 Å². The summed E-state index contributed by atoms with van der Waals surface area (Å²) in [6.45, 7) is 0. The number of rotatable bonds is 6. The number of aliphatic carboxylic acids is 1. The van der Waals surface area contributed by atoms with Crippen molar-refractivity contribution in [3.05, 3.63) is 22.7 Å². The molecule has 94 valence electrons. The molecule has 1 aromatic carbocycles. The van der Waals surface area contributed by atoms with Crippen LogP contribution in [0.2, 0.25) is 5.02 Å². The normalized spacial score (nSPS) is 10.1. The summed E-state index contributed by atoms with van der Waals surface area (Å²) in [5.74, 6) is 0.297. The summed E-state index contributed by atoms with van der Waals surface area (Å²) in [5, 5.41) is 9.00. The lowest BCUT2D eigenvalue weighted by atomic mass is 10.1. The number of carboxylic acid groups (broad SMARTS) is 1. The molecule has 0 unspecified atom stereocenters. The number of ether oxygens (including phenoxy) is 2. The van der Waals surface area contributed by atoms with Crippen LogP contribution in [0.15, 0.2) is 12.1 Å². The summed E-state index contributed by atoms with van der Waals surface area (Å²) >= 11 is 6.09. The molecule has 0 atom stereocenters. The van der Waals surface area contributed by atoms with Gasteiger partial charge in [0, 0.05) is 6.42 Å². The Balaban J connectivity index is 2.85. The van der Waals surface area contributed by atoms with Gasteiger partial charge in [-0.2, -0.15) is 0 Å². The average molecular weight is 259 g/mol. The van der Waals surface area contributed by atoms with Crippen molar-refractivity contribution < 1.29 is 19.4 Å². The molecular weight excluding hydrogens is 244 g/mol. The summed E-state index contributed by atoms with van der Waals surface area (Å²) in [6.07, 6.45) is 1.29. The first kappa shape index (κ1) is 13.6. The van der Waals surface area contributed by atoms with Crippen molar-refractivity contribution >= 4 is 17.6 Å². The minimum atomic E-state index is -0.802. The Morgan fingerprint density at radius 3 is 2.59 bits per heavy atom. The maximum atomic E-state index is 10.4.